The van der Waals surface area contributed by atoms with E-state index in [4.69, 9.17) is 19.3 Å². The number of carboxylic acid groups (broad SMARTS) is 1. The van der Waals surface area contributed by atoms with Crippen molar-refractivity contribution >= 4 is 16.9 Å². The molecule has 3 aromatic rings. The molecule has 0 radical (unpaired) electrons. The summed E-state index contributed by atoms with van der Waals surface area (Å²) in [6, 6.07) is 11.9. The lowest BCUT2D eigenvalue weighted by molar-refractivity contribution is 0.0497. The highest BCUT2D eigenvalue weighted by atomic mass is 16.5. The Morgan fingerprint density at radius 2 is 1.87 bits per heavy atom. The molecule has 7 nitrogen and oxygen atoms in total. The third-order valence-corrected chi connectivity index (χ3v) is 5.61. The van der Waals surface area contributed by atoms with Crippen LogP contribution in [0.25, 0.3) is 10.9 Å². The molecule has 1 aliphatic rings. The van der Waals surface area contributed by atoms with E-state index in [2.05, 4.69) is 4.98 Å². The van der Waals surface area contributed by atoms with E-state index in [1.165, 1.54) is 12.1 Å². The summed E-state index contributed by atoms with van der Waals surface area (Å²) in [6.45, 7) is 4.12. The van der Waals surface area contributed by atoms with Gasteiger partial charge >= 0.3 is 5.97 Å². The van der Waals surface area contributed by atoms with E-state index in [0.717, 1.165) is 31.8 Å². The van der Waals surface area contributed by atoms with Crippen LogP contribution in [0.3, 0.4) is 0 Å². The Labute approximate surface area is 179 Å². The van der Waals surface area contributed by atoms with Crippen molar-refractivity contribution in [2.24, 2.45) is 5.92 Å². The summed E-state index contributed by atoms with van der Waals surface area (Å²) in [6.07, 6.45) is 2.03. The van der Waals surface area contributed by atoms with Crippen LogP contribution >= 0.6 is 0 Å². The lowest BCUT2D eigenvalue weighted by Gasteiger charge is -2.22. The Hall–Kier alpha value is -3.32. The average molecular weight is 423 g/mol. The molecular formula is C24H25NO6. The second kappa shape index (κ2) is 9.22. The van der Waals surface area contributed by atoms with Crippen molar-refractivity contribution in [2.45, 2.75) is 26.4 Å². The number of ether oxygens (including phenoxy) is 3. The third-order valence-electron chi connectivity index (χ3n) is 5.61. The van der Waals surface area contributed by atoms with Crippen molar-refractivity contribution in [3.63, 3.8) is 0 Å². The highest BCUT2D eigenvalue weighted by Gasteiger charge is 2.15. The van der Waals surface area contributed by atoms with E-state index >= 15 is 0 Å². The minimum Gasteiger partial charge on any atom is -0.493 e. The minimum absolute atomic E-state index is 0.0824. The van der Waals surface area contributed by atoms with Crippen LogP contribution in [0.2, 0.25) is 0 Å². The first kappa shape index (κ1) is 20.9. The van der Waals surface area contributed by atoms with Gasteiger partial charge in [0, 0.05) is 35.7 Å². The predicted octanol–water partition coefficient (Wildman–Crippen LogP) is 3.92. The van der Waals surface area contributed by atoms with Crippen LogP contribution < -0.4 is 14.9 Å². The molecule has 162 valence electrons. The Balaban J connectivity index is 1.46. The summed E-state index contributed by atoms with van der Waals surface area (Å²) in [5.74, 6) is 0.829. The number of H-pyrrole nitrogens is 1. The van der Waals surface area contributed by atoms with Gasteiger partial charge in [0.15, 0.2) is 5.43 Å². The van der Waals surface area contributed by atoms with Gasteiger partial charge in [-0.05, 0) is 56.0 Å². The second-order valence-corrected chi connectivity index (χ2v) is 7.75. The zero-order valence-electron chi connectivity index (χ0n) is 17.3. The molecule has 2 heterocycles. The normalized spacial score (nSPS) is 14.5. The smallest absolute Gasteiger partial charge is 0.335 e. The molecule has 1 aromatic heterocycles. The second-order valence-electron chi connectivity index (χ2n) is 7.75. The van der Waals surface area contributed by atoms with Crippen molar-refractivity contribution in [1.29, 1.82) is 0 Å². The lowest BCUT2D eigenvalue weighted by Crippen LogP contribution is -2.21. The number of hydrogen-bond donors (Lipinski definition) is 2. The topological polar surface area (TPSA) is 97.8 Å². The Kier molecular flexibility index (Phi) is 6.23. The maximum Gasteiger partial charge on any atom is 0.335 e. The number of pyridine rings is 1. The molecule has 2 N–H and O–H groups in total. The number of carbonyl (C=O) groups is 1. The van der Waals surface area contributed by atoms with Crippen molar-refractivity contribution in [3.05, 3.63) is 69.5 Å². The number of benzene rings is 2. The van der Waals surface area contributed by atoms with Crippen LogP contribution in [0.4, 0.5) is 0 Å². The maximum atomic E-state index is 12.7. The number of aromatic carboxylic acids is 1. The fourth-order valence-electron chi connectivity index (χ4n) is 3.65. The van der Waals surface area contributed by atoms with Gasteiger partial charge in [0.1, 0.15) is 18.1 Å². The molecule has 0 amide bonds. The number of nitrogens with one attached hydrogen (secondary N) is 1. The Morgan fingerprint density at radius 1 is 1.13 bits per heavy atom. The molecule has 0 aliphatic carbocycles. The van der Waals surface area contributed by atoms with Gasteiger partial charge in [-0.1, -0.05) is 6.07 Å². The minimum atomic E-state index is -1.06. The number of aromatic nitrogens is 1. The van der Waals surface area contributed by atoms with Gasteiger partial charge in [0.2, 0.25) is 0 Å². The Morgan fingerprint density at radius 3 is 2.61 bits per heavy atom. The van der Waals surface area contributed by atoms with Gasteiger partial charge in [0.05, 0.1) is 17.9 Å². The summed E-state index contributed by atoms with van der Waals surface area (Å²) in [5, 5.41) is 9.51. The fraction of sp³-hybridized carbons (Fsp3) is 0.333. The molecule has 1 aliphatic heterocycles. The first-order valence-corrected chi connectivity index (χ1v) is 10.3. The number of aromatic amines is 1. The lowest BCUT2D eigenvalue weighted by atomic mass is 10.0. The van der Waals surface area contributed by atoms with Gasteiger partial charge < -0.3 is 24.3 Å². The van der Waals surface area contributed by atoms with E-state index in [-0.39, 0.29) is 17.6 Å². The fourth-order valence-corrected chi connectivity index (χ4v) is 3.65. The van der Waals surface area contributed by atoms with Crippen molar-refractivity contribution in [3.8, 4) is 11.5 Å². The van der Waals surface area contributed by atoms with E-state index in [0.29, 0.717) is 40.4 Å². The zero-order chi connectivity index (χ0) is 21.8. The van der Waals surface area contributed by atoms with Crippen LogP contribution in [0.1, 0.15) is 34.5 Å². The number of carboxylic acids is 1. The van der Waals surface area contributed by atoms with Gasteiger partial charge in [0.25, 0.3) is 0 Å². The van der Waals surface area contributed by atoms with Gasteiger partial charge in [-0.2, -0.15) is 0 Å². The van der Waals surface area contributed by atoms with E-state index in [1.807, 2.05) is 24.3 Å². The molecule has 2 aromatic carbocycles. The van der Waals surface area contributed by atoms with Crippen LogP contribution in [0.5, 0.6) is 11.5 Å². The van der Waals surface area contributed by atoms with Crippen LogP contribution in [-0.2, 0) is 11.3 Å². The molecule has 0 bridgehead atoms. The van der Waals surface area contributed by atoms with Crippen LogP contribution in [0, 0.1) is 12.8 Å². The average Bonchev–Trinajstić information content (AvgIpc) is 2.80. The summed E-state index contributed by atoms with van der Waals surface area (Å²) in [7, 11) is 0. The van der Waals surface area contributed by atoms with E-state index in [9.17, 15) is 9.59 Å². The number of hydrogen-bond acceptors (Lipinski definition) is 5. The summed E-state index contributed by atoms with van der Waals surface area (Å²) < 4.78 is 17.2. The molecule has 0 unspecified atom stereocenters. The highest BCUT2D eigenvalue weighted by Crippen LogP contribution is 2.23. The molecule has 7 heteroatoms. The predicted molar refractivity (Wildman–Crippen MR) is 116 cm³/mol. The zero-order valence-corrected chi connectivity index (χ0v) is 17.3. The maximum absolute atomic E-state index is 12.7. The SMILES string of the molecule is Cc1c(COc2cccc(OCC3CCOCC3)c2)[nH]c2ccc(C(=O)O)cc2c1=O. The third kappa shape index (κ3) is 4.88. The first-order valence-electron chi connectivity index (χ1n) is 10.3. The highest BCUT2D eigenvalue weighted by molar-refractivity contribution is 5.93. The molecule has 0 atom stereocenters. The largest absolute Gasteiger partial charge is 0.493 e. The summed E-state index contributed by atoms with van der Waals surface area (Å²) in [5.41, 5.74) is 1.60. The van der Waals surface area contributed by atoms with Crippen molar-refractivity contribution in [2.75, 3.05) is 19.8 Å². The monoisotopic (exact) mass is 423 g/mol. The molecule has 1 fully saturated rings. The Bertz CT molecular complexity index is 1150. The molecular weight excluding hydrogens is 398 g/mol. The van der Waals surface area contributed by atoms with Crippen LogP contribution in [-0.4, -0.2) is 35.9 Å². The molecule has 4 rings (SSSR count). The van der Waals surface area contributed by atoms with Gasteiger partial charge in [-0.3, -0.25) is 4.79 Å². The first-order chi connectivity index (χ1) is 15.0. The summed E-state index contributed by atoms with van der Waals surface area (Å²) >= 11 is 0. The van der Waals surface area contributed by atoms with Gasteiger partial charge in [-0.15, -0.1) is 0 Å². The van der Waals surface area contributed by atoms with Crippen molar-refractivity contribution < 1.29 is 24.1 Å². The van der Waals surface area contributed by atoms with Crippen LogP contribution in [0.15, 0.2) is 47.3 Å². The molecule has 0 saturated carbocycles. The quantitative estimate of drug-likeness (QED) is 0.598. The number of rotatable bonds is 7. The molecule has 31 heavy (non-hydrogen) atoms. The summed E-state index contributed by atoms with van der Waals surface area (Å²) in [4.78, 5) is 27.1. The molecule has 1 saturated heterocycles. The molecule has 0 spiro atoms. The number of fused-ring (bicyclic) bond motifs is 1. The van der Waals surface area contributed by atoms with E-state index in [1.54, 1.807) is 13.0 Å². The standard InChI is InChI=1S/C24H25NO6/c1-15-22(25-21-6-5-17(24(27)28)11-20(21)23(15)26)14-31-19-4-2-3-18(12-19)30-13-16-7-9-29-10-8-16/h2-6,11-12,16H,7-10,13-14H2,1H3,(H,25,26)(H,27,28). The van der Waals surface area contributed by atoms with Gasteiger partial charge in [-0.25, -0.2) is 4.79 Å². The van der Waals surface area contributed by atoms with Crippen molar-refractivity contribution in [1.82, 2.24) is 4.98 Å². The van der Waals surface area contributed by atoms with E-state index < -0.39 is 5.97 Å².